The number of thiophene rings is 1. The molecule has 0 bridgehead atoms. The molecule has 1 amide bonds. The molecular weight excluding hydrogens is 535 g/mol. The van der Waals surface area contributed by atoms with E-state index in [1.165, 1.54) is 11.3 Å². The van der Waals surface area contributed by atoms with E-state index in [4.69, 9.17) is 43.1 Å². The van der Waals surface area contributed by atoms with Gasteiger partial charge in [-0.3, -0.25) is 9.69 Å². The molecule has 8 nitrogen and oxygen atoms in total. The van der Waals surface area contributed by atoms with E-state index >= 15 is 0 Å². The Labute approximate surface area is 228 Å². The van der Waals surface area contributed by atoms with Gasteiger partial charge in [-0.25, -0.2) is 4.98 Å². The number of imidazole rings is 1. The normalized spacial score (nSPS) is 15.1. The number of halogens is 2. The predicted octanol–water partition coefficient (Wildman–Crippen LogP) is 5.55. The Kier molecular flexibility index (Phi) is 7.87. The maximum Gasteiger partial charge on any atom is 0.262 e. The molecule has 2 aromatic carbocycles. The highest BCUT2D eigenvalue weighted by Gasteiger charge is 2.22. The van der Waals surface area contributed by atoms with Crippen LogP contribution in [0.3, 0.4) is 0 Å². The van der Waals surface area contributed by atoms with Crippen LogP contribution in [0.1, 0.15) is 28.3 Å². The van der Waals surface area contributed by atoms with Gasteiger partial charge < -0.3 is 24.9 Å². The zero-order valence-corrected chi connectivity index (χ0v) is 22.5. The van der Waals surface area contributed by atoms with Gasteiger partial charge in [0.1, 0.15) is 34.9 Å². The fourth-order valence-corrected chi connectivity index (χ4v) is 5.56. The van der Waals surface area contributed by atoms with E-state index in [0.717, 1.165) is 54.3 Å². The number of benzene rings is 2. The minimum Gasteiger partial charge on any atom is -0.491 e. The molecule has 37 heavy (non-hydrogen) atoms. The van der Waals surface area contributed by atoms with E-state index in [0.29, 0.717) is 38.9 Å². The summed E-state index contributed by atoms with van der Waals surface area (Å²) in [6, 6.07) is 12.8. The highest BCUT2D eigenvalue weighted by atomic mass is 35.5. The number of morpholine rings is 1. The molecule has 11 heteroatoms. The second kappa shape index (κ2) is 11.3. The van der Waals surface area contributed by atoms with Gasteiger partial charge in [-0.15, -0.1) is 11.3 Å². The number of amides is 1. The van der Waals surface area contributed by atoms with Crippen molar-refractivity contribution >= 4 is 51.5 Å². The number of ether oxygens (including phenoxy) is 3. The van der Waals surface area contributed by atoms with Gasteiger partial charge in [0.2, 0.25) is 0 Å². The Morgan fingerprint density at radius 1 is 1.22 bits per heavy atom. The number of rotatable bonds is 9. The van der Waals surface area contributed by atoms with Gasteiger partial charge in [-0.2, -0.15) is 0 Å². The largest absolute Gasteiger partial charge is 0.491 e. The highest BCUT2D eigenvalue weighted by molar-refractivity contribution is 7.17. The third-order valence-electron chi connectivity index (χ3n) is 6.10. The van der Waals surface area contributed by atoms with Crippen molar-refractivity contribution < 1.29 is 19.0 Å². The molecule has 0 aliphatic carbocycles. The number of carbonyl (C=O) groups is 1. The van der Waals surface area contributed by atoms with Gasteiger partial charge in [0.05, 0.1) is 34.1 Å². The summed E-state index contributed by atoms with van der Waals surface area (Å²) in [7, 11) is 0. The van der Waals surface area contributed by atoms with Crippen LogP contribution in [0.4, 0.5) is 0 Å². The standard InChI is InChI=1S/C26H26Cl2N4O4S/c1-15(17-3-2-4-20(23(17)28)35-12-9-32-7-10-34-11-8-32)36-21-14-22(37-24(21)25(29)33)26-30-18-6-5-16(27)13-19(18)31-26/h2-6,13-15H,7-12H2,1H3,(H2,29,33)(H,30,31)/t15-/m1/s1. The summed E-state index contributed by atoms with van der Waals surface area (Å²) in [5.74, 6) is 0.975. The van der Waals surface area contributed by atoms with Gasteiger partial charge in [0.25, 0.3) is 5.91 Å². The first-order chi connectivity index (χ1) is 17.9. The van der Waals surface area contributed by atoms with Crippen molar-refractivity contribution in [2.75, 3.05) is 39.5 Å². The van der Waals surface area contributed by atoms with E-state index in [1.807, 2.05) is 31.2 Å². The smallest absolute Gasteiger partial charge is 0.262 e. The molecule has 1 fully saturated rings. The molecule has 1 aliphatic heterocycles. The molecule has 3 heterocycles. The summed E-state index contributed by atoms with van der Waals surface area (Å²) in [6.45, 7) is 6.46. The first kappa shape index (κ1) is 25.8. The molecule has 4 aromatic rings. The predicted molar refractivity (Wildman–Crippen MR) is 146 cm³/mol. The number of aromatic amines is 1. The molecule has 0 saturated carbocycles. The fourth-order valence-electron chi connectivity index (χ4n) is 4.17. The first-order valence-corrected chi connectivity index (χ1v) is 13.4. The molecule has 1 aliphatic rings. The third-order valence-corrected chi connectivity index (χ3v) is 7.88. The molecule has 2 aromatic heterocycles. The van der Waals surface area contributed by atoms with Gasteiger partial charge in [-0.05, 0) is 31.2 Å². The fraction of sp³-hybridized carbons (Fsp3) is 0.308. The average Bonchev–Trinajstić information content (AvgIpc) is 3.49. The summed E-state index contributed by atoms with van der Waals surface area (Å²) in [5, 5.41) is 1.08. The number of primary amides is 1. The summed E-state index contributed by atoms with van der Waals surface area (Å²) in [6.07, 6.45) is -0.467. The van der Waals surface area contributed by atoms with Crippen LogP contribution in [0.25, 0.3) is 21.7 Å². The molecule has 0 unspecified atom stereocenters. The molecule has 1 atom stereocenters. The Balaban J connectivity index is 1.33. The average molecular weight is 561 g/mol. The maximum absolute atomic E-state index is 12.2. The zero-order chi connectivity index (χ0) is 25.9. The summed E-state index contributed by atoms with van der Waals surface area (Å²) in [4.78, 5) is 23.4. The molecule has 194 valence electrons. The molecule has 0 spiro atoms. The summed E-state index contributed by atoms with van der Waals surface area (Å²) < 4.78 is 17.6. The van der Waals surface area contributed by atoms with Crippen molar-refractivity contribution in [3.8, 4) is 22.2 Å². The molecular formula is C26H26Cl2N4O4S. The lowest BCUT2D eigenvalue weighted by Crippen LogP contribution is -2.38. The van der Waals surface area contributed by atoms with Crippen molar-refractivity contribution in [1.29, 1.82) is 0 Å². The summed E-state index contributed by atoms with van der Waals surface area (Å²) in [5.41, 5.74) is 7.98. The lowest BCUT2D eigenvalue weighted by atomic mass is 10.1. The van der Waals surface area contributed by atoms with E-state index in [9.17, 15) is 4.79 Å². The second-order valence-electron chi connectivity index (χ2n) is 8.64. The van der Waals surface area contributed by atoms with E-state index in [1.54, 1.807) is 18.2 Å². The van der Waals surface area contributed by atoms with Crippen molar-refractivity contribution in [2.45, 2.75) is 13.0 Å². The molecule has 0 radical (unpaired) electrons. The van der Waals surface area contributed by atoms with Gasteiger partial charge in [0.15, 0.2) is 0 Å². The minimum atomic E-state index is -0.580. The van der Waals surface area contributed by atoms with Crippen molar-refractivity contribution in [1.82, 2.24) is 14.9 Å². The Morgan fingerprint density at radius 2 is 2.03 bits per heavy atom. The Bertz CT molecular complexity index is 1420. The van der Waals surface area contributed by atoms with Crippen LogP contribution >= 0.6 is 34.5 Å². The van der Waals surface area contributed by atoms with Crippen LogP contribution in [-0.4, -0.2) is 60.2 Å². The van der Waals surface area contributed by atoms with Crippen LogP contribution in [0.15, 0.2) is 42.5 Å². The molecule has 5 rings (SSSR count). The maximum atomic E-state index is 12.2. The van der Waals surface area contributed by atoms with Crippen molar-refractivity contribution in [3.05, 3.63) is 63.0 Å². The number of H-pyrrole nitrogens is 1. The van der Waals surface area contributed by atoms with Crippen LogP contribution in [-0.2, 0) is 4.74 Å². The molecule has 1 saturated heterocycles. The molecule has 3 N–H and O–H groups in total. The number of fused-ring (bicyclic) bond motifs is 1. The van der Waals surface area contributed by atoms with Crippen molar-refractivity contribution in [3.63, 3.8) is 0 Å². The van der Waals surface area contributed by atoms with E-state index in [-0.39, 0.29) is 0 Å². The van der Waals surface area contributed by atoms with Gasteiger partial charge in [-0.1, -0.05) is 35.3 Å². The van der Waals surface area contributed by atoms with Gasteiger partial charge >= 0.3 is 0 Å². The van der Waals surface area contributed by atoms with Crippen LogP contribution < -0.4 is 15.2 Å². The monoisotopic (exact) mass is 560 g/mol. The quantitative estimate of drug-likeness (QED) is 0.278. The highest BCUT2D eigenvalue weighted by Crippen LogP contribution is 2.40. The van der Waals surface area contributed by atoms with Crippen LogP contribution in [0, 0.1) is 0 Å². The van der Waals surface area contributed by atoms with Gasteiger partial charge in [0, 0.05) is 36.3 Å². The van der Waals surface area contributed by atoms with E-state index in [2.05, 4.69) is 14.9 Å². The van der Waals surface area contributed by atoms with Crippen LogP contribution in [0.5, 0.6) is 11.5 Å². The SMILES string of the molecule is C[C@@H](Oc1cc(-c2nc3ccc(Cl)cc3[nH]2)sc1C(N)=O)c1cccc(OCCN2CCOCC2)c1Cl. The number of hydrogen-bond donors (Lipinski definition) is 2. The topological polar surface area (TPSA) is 103 Å². The first-order valence-electron chi connectivity index (χ1n) is 11.9. The number of carbonyl (C=O) groups excluding carboxylic acids is 1. The second-order valence-corrected chi connectivity index (χ2v) is 10.5. The zero-order valence-electron chi connectivity index (χ0n) is 20.1. The Hall–Kier alpha value is -2.82. The number of nitrogens with zero attached hydrogens (tertiary/aromatic N) is 2. The number of aromatic nitrogens is 2. The Morgan fingerprint density at radius 3 is 2.81 bits per heavy atom. The van der Waals surface area contributed by atoms with Crippen molar-refractivity contribution in [2.24, 2.45) is 5.73 Å². The third kappa shape index (κ3) is 5.86. The number of nitrogens with two attached hydrogens (primary N) is 1. The number of hydrogen-bond acceptors (Lipinski definition) is 7. The number of nitrogens with one attached hydrogen (secondary N) is 1. The lowest BCUT2D eigenvalue weighted by Gasteiger charge is -2.26. The van der Waals surface area contributed by atoms with E-state index < -0.39 is 12.0 Å². The van der Waals surface area contributed by atoms with Crippen LogP contribution in [0.2, 0.25) is 10.0 Å². The summed E-state index contributed by atoms with van der Waals surface area (Å²) >= 11 is 14.0. The lowest BCUT2D eigenvalue weighted by molar-refractivity contribution is 0.0322. The minimum absolute atomic E-state index is 0.300.